The smallest absolute Gasteiger partial charge is 0.170 e. The summed E-state index contributed by atoms with van der Waals surface area (Å²) >= 11 is 3.52. The molecule has 3 heteroatoms. The van der Waals surface area contributed by atoms with Gasteiger partial charge in [0.2, 0.25) is 0 Å². The number of rotatable bonds is 2. The van der Waals surface area contributed by atoms with Crippen molar-refractivity contribution < 1.29 is 9.53 Å². The van der Waals surface area contributed by atoms with Crippen molar-refractivity contribution in [2.45, 2.75) is 45.6 Å². The first-order valence-corrected chi connectivity index (χ1v) is 6.83. The van der Waals surface area contributed by atoms with Gasteiger partial charge in [-0.15, -0.1) is 0 Å². The van der Waals surface area contributed by atoms with Crippen LogP contribution in [-0.4, -0.2) is 11.4 Å². The molecular formula is C14H17BrO2. The lowest BCUT2D eigenvalue weighted by molar-refractivity contribution is 0.0498. The highest BCUT2D eigenvalue weighted by Crippen LogP contribution is 2.38. The maximum absolute atomic E-state index is 12.1. The molecule has 17 heavy (non-hydrogen) atoms. The third-order valence-electron chi connectivity index (χ3n) is 3.47. The molecule has 2 rings (SSSR count). The lowest BCUT2D eigenvalue weighted by atomic mass is 9.89. The molecular weight excluding hydrogens is 280 g/mol. The van der Waals surface area contributed by atoms with Gasteiger partial charge in [0.05, 0.1) is 12.0 Å². The van der Waals surface area contributed by atoms with Gasteiger partial charge in [-0.1, -0.05) is 29.8 Å². The summed E-state index contributed by atoms with van der Waals surface area (Å²) in [5, 5.41) is 0. The van der Waals surface area contributed by atoms with Crippen LogP contribution < -0.4 is 4.74 Å². The van der Waals surface area contributed by atoms with Gasteiger partial charge in [-0.25, -0.2) is 0 Å². The number of hydrogen-bond acceptors (Lipinski definition) is 2. The topological polar surface area (TPSA) is 26.3 Å². The number of benzene rings is 1. The van der Waals surface area contributed by atoms with E-state index in [2.05, 4.69) is 22.9 Å². The Labute approximate surface area is 110 Å². The fraction of sp³-hybridized carbons (Fsp3) is 0.500. The lowest BCUT2D eigenvalue weighted by Crippen LogP contribution is -2.38. The van der Waals surface area contributed by atoms with Crippen LogP contribution in [0.2, 0.25) is 0 Å². The number of hydrogen-bond donors (Lipinski definition) is 0. The van der Waals surface area contributed by atoms with E-state index in [0.29, 0.717) is 6.42 Å². The van der Waals surface area contributed by atoms with Gasteiger partial charge in [0, 0.05) is 4.47 Å². The standard InChI is InChI=1S/C14H17BrO2/c1-4-9-6-10-12(16)8-14(3,5-2)17-13(10)7-11(9)15/h6-7H,4-5,8H2,1-3H3. The lowest BCUT2D eigenvalue weighted by Gasteiger charge is -2.34. The summed E-state index contributed by atoms with van der Waals surface area (Å²) in [5.74, 6) is 0.910. The van der Waals surface area contributed by atoms with Crippen LogP contribution in [0.25, 0.3) is 0 Å². The van der Waals surface area contributed by atoms with E-state index in [-0.39, 0.29) is 11.4 Å². The molecule has 1 heterocycles. The Balaban J connectivity index is 2.49. The van der Waals surface area contributed by atoms with Gasteiger partial charge in [0.25, 0.3) is 0 Å². The molecule has 0 saturated heterocycles. The van der Waals surface area contributed by atoms with Gasteiger partial charge in [-0.2, -0.15) is 0 Å². The SMILES string of the molecule is CCc1cc2c(cc1Br)OC(C)(CC)CC2=O. The fourth-order valence-corrected chi connectivity index (χ4v) is 2.71. The maximum atomic E-state index is 12.1. The van der Waals surface area contributed by atoms with Crippen LogP contribution in [0.4, 0.5) is 0 Å². The highest BCUT2D eigenvalue weighted by atomic mass is 79.9. The van der Waals surface area contributed by atoms with Gasteiger partial charge in [0.15, 0.2) is 5.78 Å². The molecule has 0 radical (unpaired) electrons. The molecule has 1 aliphatic rings. The summed E-state index contributed by atoms with van der Waals surface area (Å²) in [5.41, 5.74) is 1.54. The molecule has 1 atom stereocenters. The first-order chi connectivity index (χ1) is 7.99. The van der Waals surface area contributed by atoms with Gasteiger partial charge in [-0.3, -0.25) is 4.79 Å². The summed E-state index contributed by atoms with van der Waals surface area (Å²) < 4.78 is 6.99. The number of ether oxygens (including phenoxy) is 1. The Morgan fingerprint density at radius 1 is 1.41 bits per heavy atom. The molecule has 1 aromatic carbocycles. The number of ketones is 1. The molecule has 1 unspecified atom stereocenters. The van der Waals surface area contributed by atoms with Crippen LogP contribution >= 0.6 is 15.9 Å². The molecule has 0 aromatic heterocycles. The third-order valence-corrected chi connectivity index (χ3v) is 4.21. The zero-order valence-corrected chi connectivity index (χ0v) is 12.1. The van der Waals surface area contributed by atoms with Crippen molar-refractivity contribution in [3.8, 4) is 5.75 Å². The average molecular weight is 297 g/mol. The van der Waals surface area contributed by atoms with Gasteiger partial charge >= 0.3 is 0 Å². The number of Topliss-reactive ketones (excluding diaryl/α,β-unsaturated/α-hetero) is 1. The second-order valence-corrected chi connectivity index (χ2v) is 5.65. The first kappa shape index (κ1) is 12.6. The Bertz CT molecular complexity index is 468. The van der Waals surface area contributed by atoms with E-state index in [4.69, 9.17) is 4.74 Å². The van der Waals surface area contributed by atoms with Crippen LogP contribution in [0.3, 0.4) is 0 Å². The normalized spacial score (nSPS) is 23.2. The van der Waals surface area contributed by atoms with E-state index in [0.717, 1.165) is 34.2 Å². The van der Waals surface area contributed by atoms with Crippen LogP contribution in [0.1, 0.15) is 49.5 Å². The van der Waals surface area contributed by atoms with Crippen molar-refractivity contribution in [2.24, 2.45) is 0 Å². The third kappa shape index (κ3) is 2.25. The minimum atomic E-state index is -0.350. The zero-order chi connectivity index (χ0) is 12.6. The molecule has 0 saturated carbocycles. The zero-order valence-electron chi connectivity index (χ0n) is 10.5. The minimum Gasteiger partial charge on any atom is -0.486 e. The molecule has 0 aliphatic carbocycles. The largest absolute Gasteiger partial charge is 0.486 e. The molecule has 2 nitrogen and oxygen atoms in total. The second kappa shape index (κ2) is 4.45. The van der Waals surface area contributed by atoms with E-state index in [1.54, 1.807) is 0 Å². The molecule has 0 N–H and O–H groups in total. The van der Waals surface area contributed by atoms with Gasteiger partial charge in [-0.05, 0) is 37.5 Å². The highest BCUT2D eigenvalue weighted by molar-refractivity contribution is 9.10. The summed E-state index contributed by atoms with van der Waals surface area (Å²) in [4.78, 5) is 12.1. The van der Waals surface area contributed by atoms with Crippen molar-refractivity contribution in [3.05, 3.63) is 27.7 Å². The Morgan fingerprint density at radius 3 is 2.71 bits per heavy atom. The maximum Gasteiger partial charge on any atom is 0.170 e. The van der Waals surface area contributed by atoms with E-state index in [9.17, 15) is 4.79 Å². The highest BCUT2D eigenvalue weighted by Gasteiger charge is 2.35. The van der Waals surface area contributed by atoms with E-state index >= 15 is 0 Å². The molecule has 0 spiro atoms. The number of halogens is 1. The second-order valence-electron chi connectivity index (χ2n) is 4.80. The summed E-state index contributed by atoms with van der Waals surface area (Å²) in [6, 6.07) is 3.89. The molecule has 92 valence electrons. The van der Waals surface area contributed by atoms with Crippen molar-refractivity contribution >= 4 is 21.7 Å². The number of carbonyl (C=O) groups is 1. The van der Waals surface area contributed by atoms with Gasteiger partial charge < -0.3 is 4.74 Å². The monoisotopic (exact) mass is 296 g/mol. The molecule has 1 aliphatic heterocycles. The Hall–Kier alpha value is -0.830. The molecule has 1 aromatic rings. The van der Waals surface area contributed by atoms with Crippen molar-refractivity contribution in [1.82, 2.24) is 0 Å². The molecule has 0 amide bonds. The van der Waals surface area contributed by atoms with Crippen molar-refractivity contribution in [1.29, 1.82) is 0 Å². The van der Waals surface area contributed by atoms with Gasteiger partial charge in [0.1, 0.15) is 11.4 Å². The number of fused-ring (bicyclic) bond motifs is 1. The average Bonchev–Trinajstić information content (AvgIpc) is 2.28. The van der Waals surface area contributed by atoms with Crippen molar-refractivity contribution in [3.63, 3.8) is 0 Å². The van der Waals surface area contributed by atoms with Crippen LogP contribution in [0, 0.1) is 0 Å². The van der Waals surface area contributed by atoms with Crippen molar-refractivity contribution in [2.75, 3.05) is 0 Å². The summed E-state index contributed by atoms with van der Waals surface area (Å²) in [6.07, 6.45) is 2.22. The number of aryl methyl sites for hydroxylation is 1. The predicted octanol–water partition coefficient (Wildman–Crippen LogP) is 4.15. The quantitative estimate of drug-likeness (QED) is 0.820. The van der Waals surface area contributed by atoms with E-state index < -0.39 is 0 Å². The van der Waals surface area contributed by atoms with Crippen LogP contribution in [0.5, 0.6) is 5.75 Å². The Kier molecular flexibility index (Phi) is 3.30. The Morgan fingerprint density at radius 2 is 2.12 bits per heavy atom. The van der Waals surface area contributed by atoms with Crippen LogP contribution in [0.15, 0.2) is 16.6 Å². The van der Waals surface area contributed by atoms with E-state index in [1.165, 1.54) is 0 Å². The van der Waals surface area contributed by atoms with Crippen LogP contribution in [-0.2, 0) is 6.42 Å². The molecule has 0 fully saturated rings. The van der Waals surface area contributed by atoms with E-state index in [1.807, 2.05) is 26.0 Å². The predicted molar refractivity (Wildman–Crippen MR) is 71.8 cm³/mol. The minimum absolute atomic E-state index is 0.192. The summed E-state index contributed by atoms with van der Waals surface area (Å²) in [6.45, 7) is 6.13. The first-order valence-electron chi connectivity index (χ1n) is 6.03. The fourth-order valence-electron chi connectivity index (χ4n) is 2.11. The number of carbonyl (C=O) groups excluding carboxylic acids is 1. The summed E-state index contributed by atoms with van der Waals surface area (Å²) in [7, 11) is 0. The molecule has 0 bridgehead atoms.